The molecule has 1 aromatic carbocycles. The van der Waals surface area contributed by atoms with Crippen LogP contribution in [0.2, 0.25) is 0 Å². The summed E-state index contributed by atoms with van der Waals surface area (Å²) in [7, 11) is 0. The second-order valence-electron chi connectivity index (χ2n) is 5.98. The van der Waals surface area contributed by atoms with Gasteiger partial charge in [0.1, 0.15) is 0 Å². The molecule has 2 unspecified atom stereocenters. The summed E-state index contributed by atoms with van der Waals surface area (Å²) in [4.78, 5) is 49.1. The van der Waals surface area contributed by atoms with E-state index < -0.39 is 59.7 Å². The van der Waals surface area contributed by atoms with Crippen LogP contribution in [0.3, 0.4) is 0 Å². The van der Waals surface area contributed by atoms with Gasteiger partial charge in [-0.05, 0) is 31.5 Å². The molecule has 1 aliphatic rings. The number of carbonyl (C=O) groups excluding carboxylic acids is 4. The normalized spacial score (nSPS) is 19.2. The van der Waals surface area contributed by atoms with E-state index in [4.69, 9.17) is 5.73 Å². The lowest BCUT2D eigenvalue weighted by Crippen LogP contribution is -2.61. The van der Waals surface area contributed by atoms with Crippen LogP contribution >= 0.6 is 0 Å². The minimum Gasteiger partial charge on any atom is -0.324 e. The number of barbiturate groups is 1. The highest BCUT2D eigenvalue weighted by Crippen LogP contribution is 2.22. The third-order valence-corrected chi connectivity index (χ3v) is 3.83. The molecule has 2 rings (SSSR count). The largest absolute Gasteiger partial charge is 0.331 e. The maximum atomic E-state index is 13.3. The number of benzene rings is 1. The zero-order valence-electron chi connectivity index (χ0n) is 13.6. The number of nitrogens with zero attached hydrogens (tertiary/aromatic N) is 1. The molecule has 25 heavy (non-hydrogen) atoms. The number of rotatable bonds is 5. The highest BCUT2D eigenvalue weighted by molar-refractivity contribution is 6.26. The third-order valence-electron chi connectivity index (χ3n) is 3.83. The van der Waals surface area contributed by atoms with Crippen molar-refractivity contribution < 1.29 is 28.0 Å². The number of amides is 4. The van der Waals surface area contributed by atoms with Crippen LogP contribution in [0.5, 0.6) is 0 Å². The van der Waals surface area contributed by atoms with Crippen molar-refractivity contribution in [2.45, 2.75) is 32.4 Å². The van der Waals surface area contributed by atoms with Gasteiger partial charge in [0.25, 0.3) is 5.91 Å². The summed E-state index contributed by atoms with van der Waals surface area (Å²) in [6.07, 6.45) is -0.449. The molecule has 134 valence electrons. The van der Waals surface area contributed by atoms with Crippen LogP contribution in [-0.2, 0) is 14.4 Å². The van der Waals surface area contributed by atoms with Gasteiger partial charge in [-0.15, -0.1) is 0 Å². The van der Waals surface area contributed by atoms with E-state index in [1.165, 1.54) is 6.07 Å². The second kappa shape index (κ2) is 7.06. The van der Waals surface area contributed by atoms with Crippen LogP contribution < -0.4 is 11.1 Å². The average molecular weight is 353 g/mol. The van der Waals surface area contributed by atoms with Crippen molar-refractivity contribution in [3.8, 4) is 0 Å². The van der Waals surface area contributed by atoms with E-state index in [9.17, 15) is 28.0 Å². The van der Waals surface area contributed by atoms with Gasteiger partial charge in [0.05, 0.1) is 0 Å². The predicted molar refractivity (Wildman–Crippen MR) is 81.9 cm³/mol. The summed E-state index contributed by atoms with van der Waals surface area (Å²) in [5.41, 5.74) is 5.95. The first kappa shape index (κ1) is 18.7. The van der Waals surface area contributed by atoms with E-state index in [0.29, 0.717) is 0 Å². The van der Waals surface area contributed by atoms with Crippen LogP contribution in [-0.4, -0.2) is 34.6 Å². The number of Topliss-reactive ketones (excluding diaryl/α,β-unsaturated/α-hetero) is 1. The molecular weight excluding hydrogens is 336 g/mol. The smallest absolute Gasteiger partial charge is 0.324 e. The quantitative estimate of drug-likeness (QED) is 0.768. The Morgan fingerprint density at radius 1 is 1.24 bits per heavy atom. The molecule has 0 saturated carbocycles. The van der Waals surface area contributed by atoms with E-state index in [1.807, 2.05) is 5.32 Å². The van der Waals surface area contributed by atoms with E-state index in [1.54, 1.807) is 13.8 Å². The lowest BCUT2D eigenvalue weighted by molar-refractivity contribution is -0.148. The fraction of sp³-hybridized carbons (Fsp3) is 0.375. The van der Waals surface area contributed by atoms with Crippen molar-refractivity contribution in [2.75, 3.05) is 0 Å². The van der Waals surface area contributed by atoms with Gasteiger partial charge in [-0.3, -0.25) is 24.6 Å². The first-order valence-electron chi connectivity index (χ1n) is 7.54. The Morgan fingerprint density at radius 3 is 2.44 bits per heavy atom. The number of carbonyl (C=O) groups is 4. The zero-order valence-corrected chi connectivity index (χ0v) is 13.6. The van der Waals surface area contributed by atoms with Gasteiger partial charge in [-0.2, -0.15) is 0 Å². The Labute approximate surface area is 142 Å². The molecule has 1 aliphatic heterocycles. The highest BCUT2D eigenvalue weighted by atomic mass is 19.2. The van der Waals surface area contributed by atoms with E-state index >= 15 is 0 Å². The monoisotopic (exact) mass is 353 g/mol. The number of halogens is 2. The van der Waals surface area contributed by atoms with E-state index in [2.05, 4.69) is 0 Å². The number of hydrogen-bond acceptors (Lipinski definition) is 5. The van der Waals surface area contributed by atoms with Gasteiger partial charge in [-0.1, -0.05) is 6.07 Å². The van der Waals surface area contributed by atoms with Crippen LogP contribution in [0.15, 0.2) is 18.2 Å². The zero-order chi connectivity index (χ0) is 18.9. The molecule has 0 radical (unpaired) electrons. The first-order chi connectivity index (χ1) is 11.6. The minimum absolute atomic E-state index is 0.146. The molecular formula is C16H17F2N3O4. The molecule has 7 nitrogen and oxygen atoms in total. The van der Waals surface area contributed by atoms with Crippen molar-refractivity contribution in [1.29, 1.82) is 0 Å². The van der Waals surface area contributed by atoms with Crippen LogP contribution in [0, 0.1) is 17.6 Å². The Hall–Kier alpha value is -2.68. The van der Waals surface area contributed by atoms with Gasteiger partial charge >= 0.3 is 6.03 Å². The Bertz CT molecular complexity index is 751. The molecule has 4 amide bonds. The second-order valence-corrected chi connectivity index (χ2v) is 5.98. The number of hydrogen-bond donors (Lipinski definition) is 2. The summed E-state index contributed by atoms with van der Waals surface area (Å²) < 4.78 is 26.2. The Balaban J connectivity index is 2.18. The maximum Gasteiger partial charge on any atom is 0.331 e. The minimum atomic E-state index is -1.70. The Morgan fingerprint density at radius 2 is 1.88 bits per heavy atom. The molecule has 2 atom stereocenters. The first-order valence-corrected chi connectivity index (χ1v) is 7.54. The number of nitrogens with one attached hydrogen (secondary N) is 1. The van der Waals surface area contributed by atoms with Crippen LogP contribution in [0.25, 0.3) is 0 Å². The fourth-order valence-corrected chi connectivity index (χ4v) is 2.56. The molecule has 3 N–H and O–H groups in total. The average Bonchev–Trinajstić information content (AvgIpc) is 2.48. The van der Waals surface area contributed by atoms with Gasteiger partial charge in [0.2, 0.25) is 5.91 Å². The lowest BCUT2D eigenvalue weighted by Gasteiger charge is -2.32. The third kappa shape index (κ3) is 3.71. The highest BCUT2D eigenvalue weighted by Gasteiger charge is 2.45. The summed E-state index contributed by atoms with van der Waals surface area (Å²) in [5.74, 6) is -6.63. The molecule has 1 saturated heterocycles. The van der Waals surface area contributed by atoms with Gasteiger partial charge in [0.15, 0.2) is 23.3 Å². The van der Waals surface area contributed by atoms with Crippen LogP contribution in [0.1, 0.15) is 31.9 Å². The molecule has 1 heterocycles. The topological polar surface area (TPSA) is 110 Å². The van der Waals surface area contributed by atoms with Gasteiger partial charge in [0, 0.05) is 18.5 Å². The Kier molecular flexibility index (Phi) is 5.27. The van der Waals surface area contributed by atoms with Crippen molar-refractivity contribution in [3.63, 3.8) is 0 Å². The van der Waals surface area contributed by atoms with Gasteiger partial charge in [-0.25, -0.2) is 13.6 Å². The molecule has 0 bridgehead atoms. The van der Waals surface area contributed by atoms with E-state index in [-0.39, 0.29) is 5.56 Å². The summed E-state index contributed by atoms with van der Waals surface area (Å²) >= 11 is 0. The van der Waals surface area contributed by atoms with Crippen molar-refractivity contribution in [3.05, 3.63) is 35.4 Å². The summed E-state index contributed by atoms with van der Waals surface area (Å²) in [5, 5.41) is 1.96. The standard InChI is InChI=1S/C16H17F2N3O4/c1-7(2)21-15(24)13(14(23)20-16(21)25)12(22)6-11(19)8-3-4-9(17)10(18)5-8/h3-5,7,11,13H,6,19H2,1-2H3,(H,20,23,25). The SMILES string of the molecule is CC(C)N1C(=O)NC(=O)C(C(=O)CC(N)c2ccc(F)c(F)c2)C1=O. The van der Waals surface area contributed by atoms with Gasteiger partial charge < -0.3 is 5.73 Å². The van der Waals surface area contributed by atoms with Crippen molar-refractivity contribution >= 4 is 23.6 Å². The molecule has 0 aromatic heterocycles. The fourth-order valence-electron chi connectivity index (χ4n) is 2.56. The molecule has 1 fully saturated rings. The number of nitrogens with two attached hydrogens (primary N) is 1. The number of imide groups is 2. The molecule has 0 spiro atoms. The number of ketones is 1. The lowest BCUT2D eigenvalue weighted by atomic mass is 9.92. The van der Waals surface area contributed by atoms with Crippen molar-refractivity contribution in [1.82, 2.24) is 10.2 Å². The number of urea groups is 1. The summed E-state index contributed by atoms with van der Waals surface area (Å²) in [6.45, 7) is 3.11. The predicted octanol–water partition coefficient (Wildman–Crippen LogP) is 1.03. The molecule has 9 heteroatoms. The molecule has 0 aliphatic carbocycles. The van der Waals surface area contributed by atoms with Crippen molar-refractivity contribution in [2.24, 2.45) is 11.7 Å². The van der Waals surface area contributed by atoms with Crippen LogP contribution in [0.4, 0.5) is 13.6 Å². The van der Waals surface area contributed by atoms with E-state index in [0.717, 1.165) is 17.0 Å². The maximum absolute atomic E-state index is 13.3. The summed E-state index contributed by atoms with van der Waals surface area (Å²) in [6, 6.07) is 0.457. The molecule has 1 aromatic rings.